The number of amides is 2. The minimum atomic E-state index is -4.50. The first-order valence-electron chi connectivity index (χ1n) is 12.0. The average Bonchev–Trinajstić information content (AvgIpc) is 2.91. The van der Waals surface area contributed by atoms with E-state index >= 15 is 0 Å². The molecule has 12 heteroatoms. The number of anilines is 1. The van der Waals surface area contributed by atoms with Crippen molar-refractivity contribution in [3.8, 4) is 5.75 Å². The molecule has 0 bridgehead atoms. The SMILES string of the molecule is O=C(O)C1CCN(C(=O)NCCC2CN(S(=O)(=O)C(=O)OCc3ccccc3)c3ccccc3O2)CC1. The molecule has 37 heavy (non-hydrogen) atoms. The Morgan fingerprint density at radius 1 is 1.03 bits per heavy atom. The number of ether oxygens (including phenoxy) is 2. The monoisotopic (exact) mass is 531 g/mol. The summed E-state index contributed by atoms with van der Waals surface area (Å²) < 4.78 is 38.3. The van der Waals surface area contributed by atoms with Crippen LogP contribution in [0.15, 0.2) is 54.6 Å². The summed E-state index contributed by atoms with van der Waals surface area (Å²) in [4.78, 5) is 37.7. The number of nitrogens with zero attached hydrogens (tertiary/aromatic N) is 2. The Labute approximate surface area is 215 Å². The molecule has 2 aromatic carbocycles. The second-order valence-electron chi connectivity index (χ2n) is 8.89. The Balaban J connectivity index is 1.36. The van der Waals surface area contributed by atoms with E-state index in [0.717, 1.165) is 4.31 Å². The number of benzene rings is 2. The van der Waals surface area contributed by atoms with Gasteiger partial charge in [0.2, 0.25) is 0 Å². The molecule has 2 N–H and O–H groups in total. The number of carbonyl (C=O) groups excluding carboxylic acids is 2. The Kier molecular flexibility index (Phi) is 8.17. The molecule has 2 amide bonds. The van der Waals surface area contributed by atoms with Crippen molar-refractivity contribution < 1.29 is 37.4 Å². The van der Waals surface area contributed by atoms with Gasteiger partial charge in [0.25, 0.3) is 0 Å². The molecule has 2 aliphatic rings. The van der Waals surface area contributed by atoms with Crippen LogP contribution in [0, 0.1) is 5.92 Å². The Bertz CT molecular complexity index is 1230. The third kappa shape index (κ3) is 6.31. The van der Waals surface area contributed by atoms with Gasteiger partial charge in [0.15, 0.2) is 0 Å². The molecule has 2 aliphatic heterocycles. The first-order chi connectivity index (χ1) is 17.8. The summed E-state index contributed by atoms with van der Waals surface area (Å²) in [6.45, 7) is 0.612. The van der Waals surface area contributed by atoms with Gasteiger partial charge in [-0.25, -0.2) is 9.59 Å². The van der Waals surface area contributed by atoms with E-state index in [0.29, 0.717) is 37.2 Å². The molecule has 11 nitrogen and oxygen atoms in total. The highest BCUT2D eigenvalue weighted by Crippen LogP contribution is 2.36. The number of aliphatic carboxylic acids is 1. The normalized spacial score (nSPS) is 17.9. The first kappa shape index (κ1) is 26.3. The largest absolute Gasteiger partial charge is 0.486 e. The molecule has 198 valence electrons. The first-order valence-corrected chi connectivity index (χ1v) is 13.4. The summed E-state index contributed by atoms with van der Waals surface area (Å²) in [6, 6.07) is 15.0. The number of likely N-dealkylation sites (tertiary alicyclic amines) is 1. The van der Waals surface area contributed by atoms with E-state index in [2.05, 4.69) is 5.32 Å². The number of sulfonamides is 1. The Morgan fingerprint density at radius 3 is 2.41 bits per heavy atom. The molecule has 0 aromatic heterocycles. The molecule has 0 aliphatic carbocycles. The zero-order valence-electron chi connectivity index (χ0n) is 20.1. The molecule has 2 aromatic rings. The predicted molar refractivity (Wildman–Crippen MR) is 134 cm³/mol. The van der Waals surface area contributed by atoms with Crippen molar-refractivity contribution >= 4 is 33.0 Å². The topological polar surface area (TPSA) is 143 Å². The van der Waals surface area contributed by atoms with Gasteiger partial charge < -0.3 is 24.8 Å². The quantitative estimate of drug-likeness (QED) is 0.520. The fraction of sp³-hybridized carbons (Fsp3) is 0.400. The fourth-order valence-electron chi connectivity index (χ4n) is 4.30. The van der Waals surface area contributed by atoms with E-state index in [-0.39, 0.29) is 37.8 Å². The van der Waals surface area contributed by atoms with E-state index in [1.807, 2.05) is 0 Å². The fourth-order valence-corrected chi connectivity index (χ4v) is 5.46. The lowest BCUT2D eigenvalue weighted by Gasteiger charge is -2.35. The number of carboxylic acids is 1. The van der Waals surface area contributed by atoms with Crippen molar-refractivity contribution in [2.24, 2.45) is 5.92 Å². The second kappa shape index (κ2) is 11.5. The number of carbonyl (C=O) groups is 3. The average molecular weight is 532 g/mol. The number of nitrogens with one attached hydrogen (secondary N) is 1. The molecule has 0 saturated carbocycles. The summed E-state index contributed by atoms with van der Waals surface area (Å²) in [5.74, 6) is -0.981. The van der Waals surface area contributed by atoms with Crippen LogP contribution in [0.2, 0.25) is 0 Å². The van der Waals surface area contributed by atoms with Crippen molar-refractivity contribution in [2.75, 3.05) is 30.5 Å². The number of piperidine rings is 1. The van der Waals surface area contributed by atoms with E-state index in [9.17, 15) is 22.8 Å². The highest BCUT2D eigenvalue weighted by Gasteiger charge is 2.39. The van der Waals surface area contributed by atoms with Crippen LogP contribution in [-0.4, -0.2) is 68.0 Å². The van der Waals surface area contributed by atoms with Gasteiger partial charge in [-0.15, -0.1) is 0 Å². The van der Waals surface area contributed by atoms with Crippen molar-refractivity contribution in [3.05, 3.63) is 60.2 Å². The molecule has 4 rings (SSSR count). The third-order valence-corrected chi connectivity index (χ3v) is 7.84. The van der Waals surface area contributed by atoms with Crippen LogP contribution in [0.3, 0.4) is 0 Å². The zero-order valence-corrected chi connectivity index (χ0v) is 20.9. The summed E-state index contributed by atoms with van der Waals surface area (Å²) in [7, 11) is -4.50. The lowest BCUT2D eigenvalue weighted by atomic mass is 9.97. The molecule has 2 heterocycles. The molecule has 0 spiro atoms. The Morgan fingerprint density at radius 2 is 1.70 bits per heavy atom. The summed E-state index contributed by atoms with van der Waals surface area (Å²) in [5.41, 5.74) is 0.898. The lowest BCUT2D eigenvalue weighted by Crippen LogP contribution is -2.48. The van der Waals surface area contributed by atoms with Gasteiger partial charge in [0.1, 0.15) is 18.5 Å². The smallest absolute Gasteiger partial charge is 0.445 e. The lowest BCUT2D eigenvalue weighted by molar-refractivity contribution is -0.143. The number of rotatable bonds is 7. The summed E-state index contributed by atoms with van der Waals surface area (Å²) in [5, 5.41) is 10.5. The highest BCUT2D eigenvalue weighted by molar-refractivity contribution is 8.06. The number of hydrogen-bond donors (Lipinski definition) is 2. The standard InChI is InChI=1S/C25H29N3O8S/c29-23(30)19-11-14-27(15-12-19)24(31)26-13-10-20-16-28(21-8-4-5-9-22(21)36-20)37(33,34)25(32)35-17-18-6-2-1-3-7-18/h1-9,19-20H,10-17H2,(H,26,31)(H,29,30). The maximum absolute atomic E-state index is 13.2. The third-order valence-electron chi connectivity index (χ3n) is 6.37. The minimum Gasteiger partial charge on any atom is -0.486 e. The summed E-state index contributed by atoms with van der Waals surface area (Å²) >= 11 is 0. The van der Waals surface area contributed by atoms with Crippen LogP contribution in [-0.2, 0) is 26.2 Å². The van der Waals surface area contributed by atoms with Gasteiger partial charge in [-0.1, -0.05) is 42.5 Å². The molecule has 1 fully saturated rings. The van der Waals surface area contributed by atoms with Crippen LogP contribution >= 0.6 is 0 Å². The van der Waals surface area contributed by atoms with Gasteiger partial charge in [0.05, 0.1) is 18.2 Å². The van der Waals surface area contributed by atoms with E-state index in [1.165, 1.54) is 0 Å². The molecular formula is C25H29N3O8S. The van der Waals surface area contributed by atoms with Gasteiger partial charge in [-0.3, -0.25) is 9.10 Å². The van der Waals surface area contributed by atoms with Crippen LogP contribution in [0.1, 0.15) is 24.8 Å². The van der Waals surface area contributed by atoms with Crippen molar-refractivity contribution in [1.29, 1.82) is 0 Å². The number of fused-ring (bicyclic) bond motifs is 1. The summed E-state index contributed by atoms with van der Waals surface area (Å²) in [6.07, 6.45) is 0.470. The van der Waals surface area contributed by atoms with Crippen molar-refractivity contribution in [1.82, 2.24) is 10.2 Å². The molecule has 1 unspecified atom stereocenters. The molecular weight excluding hydrogens is 502 g/mol. The number of urea groups is 1. The molecule has 0 radical (unpaired) electrons. The Hall–Kier alpha value is -3.80. The van der Waals surface area contributed by atoms with Crippen LogP contribution in [0.4, 0.5) is 15.3 Å². The number of carboxylic acid groups (broad SMARTS) is 1. The van der Waals surface area contributed by atoms with Gasteiger partial charge in [-0.05, 0) is 30.5 Å². The maximum Gasteiger partial charge on any atom is 0.445 e. The van der Waals surface area contributed by atoms with Gasteiger partial charge in [0, 0.05) is 26.1 Å². The van der Waals surface area contributed by atoms with Crippen molar-refractivity contribution in [2.45, 2.75) is 32.0 Å². The van der Waals surface area contributed by atoms with E-state index in [1.54, 1.807) is 59.5 Å². The van der Waals surface area contributed by atoms with E-state index in [4.69, 9.17) is 14.6 Å². The van der Waals surface area contributed by atoms with Crippen LogP contribution < -0.4 is 14.4 Å². The van der Waals surface area contributed by atoms with Crippen LogP contribution in [0.25, 0.3) is 0 Å². The van der Waals surface area contributed by atoms with Gasteiger partial charge in [-0.2, -0.15) is 8.42 Å². The minimum absolute atomic E-state index is 0.125. The molecule has 1 atom stereocenters. The predicted octanol–water partition coefficient (Wildman–Crippen LogP) is 2.82. The maximum atomic E-state index is 13.2. The zero-order chi connectivity index (χ0) is 26.4. The second-order valence-corrected chi connectivity index (χ2v) is 10.6. The highest BCUT2D eigenvalue weighted by atomic mass is 32.2. The van der Waals surface area contributed by atoms with Gasteiger partial charge >= 0.3 is 27.3 Å². The van der Waals surface area contributed by atoms with Crippen LogP contribution in [0.5, 0.6) is 5.75 Å². The van der Waals surface area contributed by atoms with E-state index < -0.39 is 33.3 Å². The molecule has 1 saturated heterocycles. The number of hydrogen-bond acceptors (Lipinski definition) is 7. The van der Waals surface area contributed by atoms with Crippen molar-refractivity contribution in [3.63, 3.8) is 0 Å². The number of para-hydroxylation sites is 2.